The summed E-state index contributed by atoms with van der Waals surface area (Å²) in [5.74, 6) is -1.15. The lowest BCUT2D eigenvalue weighted by molar-refractivity contribution is -0.129. The standard InChI is InChI=1S/C16H20FN3O4/c1-24-19-15-12-10-11(17)7-8-13(12)20(16(15)22)9-5-3-2-4-6-14(21)18-23/h7-8,10,23H,2-6,9H2,1H3,(H,18,21). The average Bonchev–Trinajstić information content (AvgIpc) is 2.82. The largest absolute Gasteiger partial charge is 0.398 e. The average molecular weight is 337 g/mol. The number of nitrogens with zero attached hydrogens (tertiary/aromatic N) is 2. The summed E-state index contributed by atoms with van der Waals surface area (Å²) in [5, 5.41) is 12.1. The van der Waals surface area contributed by atoms with Crippen LogP contribution in [0, 0.1) is 5.82 Å². The molecule has 0 saturated carbocycles. The van der Waals surface area contributed by atoms with Crippen LogP contribution in [-0.4, -0.2) is 36.4 Å². The van der Waals surface area contributed by atoms with E-state index in [0.29, 0.717) is 24.2 Å². The maximum atomic E-state index is 13.4. The van der Waals surface area contributed by atoms with E-state index >= 15 is 0 Å². The van der Waals surface area contributed by atoms with E-state index in [-0.39, 0.29) is 18.0 Å². The van der Waals surface area contributed by atoms with Crippen molar-refractivity contribution < 1.29 is 24.0 Å². The Morgan fingerprint density at radius 3 is 2.79 bits per heavy atom. The highest BCUT2D eigenvalue weighted by molar-refractivity contribution is 6.54. The third-order valence-corrected chi connectivity index (χ3v) is 3.80. The molecule has 0 aliphatic carbocycles. The predicted octanol–water partition coefficient (Wildman–Crippen LogP) is 1.98. The number of carbonyl (C=O) groups excluding carboxylic acids is 2. The lowest BCUT2D eigenvalue weighted by atomic mass is 10.1. The second-order valence-electron chi connectivity index (χ2n) is 5.44. The zero-order valence-electron chi connectivity index (χ0n) is 13.4. The van der Waals surface area contributed by atoms with Crippen molar-refractivity contribution in [1.82, 2.24) is 5.48 Å². The van der Waals surface area contributed by atoms with Crippen molar-refractivity contribution in [2.45, 2.75) is 32.1 Å². The minimum Gasteiger partial charge on any atom is -0.398 e. The van der Waals surface area contributed by atoms with Gasteiger partial charge in [-0.2, -0.15) is 0 Å². The lowest BCUT2D eigenvalue weighted by Gasteiger charge is -2.16. The number of unbranched alkanes of at least 4 members (excludes halogenated alkanes) is 3. The van der Waals surface area contributed by atoms with Crippen LogP contribution in [0.25, 0.3) is 0 Å². The first kappa shape index (κ1) is 17.9. The van der Waals surface area contributed by atoms with Crippen molar-refractivity contribution in [3.05, 3.63) is 29.6 Å². The smallest absolute Gasteiger partial charge is 0.281 e. The number of oxime groups is 1. The number of carbonyl (C=O) groups is 2. The molecule has 1 heterocycles. The number of halogens is 1. The van der Waals surface area contributed by atoms with Gasteiger partial charge < -0.3 is 9.74 Å². The summed E-state index contributed by atoms with van der Waals surface area (Å²) in [6, 6.07) is 4.15. The summed E-state index contributed by atoms with van der Waals surface area (Å²) in [6.45, 7) is 0.479. The van der Waals surface area contributed by atoms with Gasteiger partial charge in [-0.05, 0) is 31.0 Å². The minimum atomic E-state index is -0.436. The number of fused-ring (bicyclic) bond motifs is 1. The summed E-state index contributed by atoms with van der Waals surface area (Å²) in [5.41, 5.74) is 2.75. The van der Waals surface area contributed by atoms with Gasteiger partial charge >= 0.3 is 0 Å². The van der Waals surface area contributed by atoms with E-state index in [1.165, 1.54) is 19.2 Å². The Labute approximate surface area is 139 Å². The van der Waals surface area contributed by atoms with E-state index in [1.54, 1.807) is 16.4 Å². The Bertz CT molecular complexity index is 648. The molecule has 2 rings (SSSR count). The maximum Gasteiger partial charge on any atom is 0.281 e. The second-order valence-corrected chi connectivity index (χ2v) is 5.44. The molecule has 1 aromatic rings. The normalized spacial score (nSPS) is 14.9. The van der Waals surface area contributed by atoms with Crippen molar-refractivity contribution in [2.75, 3.05) is 18.6 Å². The molecule has 0 fully saturated rings. The highest BCUT2D eigenvalue weighted by Gasteiger charge is 2.34. The first-order valence-electron chi connectivity index (χ1n) is 7.74. The molecule has 1 aliphatic heterocycles. The van der Waals surface area contributed by atoms with Crippen LogP contribution in [0.15, 0.2) is 23.4 Å². The molecule has 0 spiro atoms. The van der Waals surface area contributed by atoms with Crippen LogP contribution in [0.5, 0.6) is 0 Å². The van der Waals surface area contributed by atoms with Gasteiger partial charge in [0.25, 0.3) is 5.91 Å². The van der Waals surface area contributed by atoms with Gasteiger partial charge in [0, 0.05) is 18.5 Å². The van der Waals surface area contributed by atoms with Crippen molar-refractivity contribution in [1.29, 1.82) is 0 Å². The van der Waals surface area contributed by atoms with E-state index in [9.17, 15) is 14.0 Å². The Balaban J connectivity index is 1.93. The van der Waals surface area contributed by atoms with Crippen molar-refractivity contribution in [3.8, 4) is 0 Å². The molecule has 130 valence electrons. The van der Waals surface area contributed by atoms with Gasteiger partial charge in [0.1, 0.15) is 12.9 Å². The summed E-state index contributed by atoms with van der Waals surface area (Å²) in [6.07, 6.45) is 3.31. The van der Waals surface area contributed by atoms with Gasteiger partial charge in [0.15, 0.2) is 5.71 Å². The molecule has 0 atom stereocenters. The van der Waals surface area contributed by atoms with Gasteiger partial charge in [0.2, 0.25) is 5.91 Å². The molecule has 0 saturated heterocycles. The molecule has 0 unspecified atom stereocenters. The molecule has 2 N–H and O–H groups in total. The predicted molar refractivity (Wildman–Crippen MR) is 85.3 cm³/mol. The number of hydrogen-bond donors (Lipinski definition) is 2. The summed E-state index contributed by atoms with van der Waals surface area (Å²) in [7, 11) is 1.34. The van der Waals surface area contributed by atoms with Crippen LogP contribution in [0.3, 0.4) is 0 Å². The SMILES string of the molecule is CON=C1C(=O)N(CCCCCCC(=O)NO)c2ccc(F)cc21. The third-order valence-electron chi connectivity index (χ3n) is 3.80. The van der Waals surface area contributed by atoms with Crippen molar-refractivity contribution >= 4 is 23.2 Å². The van der Waals surface area contributed by atoms with Gasteiger partial charge in [-0.1, -0.05) is 18.0 Å². The third kappa shape index (κ3) is 4.08. The van der Waals surface area contributed by atoms with E-state index < -0.39 is 11.7 Å². The van der Waals surface area contributed by atoms with Crippen molar-refractivity contribution in [3.63, 3.8) is 0 Å². The zero-order valence-corrected chi connectivity index (χ0v) is 13.4. The van der Waals surface area contributed by atoms with Gasteiger partial charge in [0.05, 0.1) is 5.69 Å². The molecule has 2 amide bonds. The highest BCUT2D eigenvalue weighted by Crippen LogP contribution is 2.30. The highest BCUT2D eigenvalue weighted by atomic mass is 19.1. The molecule has 7 nitrogen and oxygen atoms in total. The van der Waals surface area contributed by atoms with Crippen LogP contribution < -0.4 is 10.4 Å². The molecule has 0 aromatic heterocycles. The van der Waals surface area contributed by atoms with Crippen LogP contribution in [0.1, 0.15) is 37.7 Å². The van der Waals surface area contributed by atoms with Crippen LogP contribution >= 0.6 is 0 Å². The van der Waals surface area contributed by atoms with Gasteiger partial charge in [-0.15, -0.1) is 0 Å². The fraction of sp³-hybridized carbons (Fsp3) is 0.438. The Morgan fingerprint density at radius 1 is 1.33 bits per heavy atom. The lowest BCUT2D eigenvalue weighted by Crippen LogP contribution is -2.31. The number of hydrogen-bond acceptors (Lipinski definition) is 5. The number of hydroxylamine groups is 1. The number of anilines is 1. The summed E-state index contributed by atoms with van der Waals surface area (Å²) >= 11 is 0. The molecule has 24 heavy (non-hydrogen) atoms. The van der Waals surface area contributed by atoms with E-state index in [1.807, 2.05) is 0 Å². The van der Waals surface area contributed by atoms with Crippen LogP contribution in [-0.2, 0) is 14.4 Å². The first-order chi connectivity index (χ1) is 11.6. The van der Waals surface area contributed by atoms with E-state index in [0.717, 1.165) is 19.3 Å². The molecular formula is C16H20FN3O4. The Morgan fingerprint density at radius 2 is 2.08 bits per heavy atom. The number of rotatable bonds is 8. The van der Waals surface area contributed by atoms with E-state index in [2.05, 4.69) is 5.16 Å². The maximum absolute atomic E-state index is 13.4. The van der Waals surface area contributed by atoms with Crippen LogP contribution in [0.2, 0.25) is 0 Å². The summed E-state index contributed by atoms with van der Waals surface area (Å²) < 4.78 is 13.4. The topological polar surface area (TPSA) is 91.2 Å². The quantitative estimate of drug-likeness (QED) is 0.431. The fourth-order valence-electron chi connectivity index (χ4n) is 2.65. The second kappa shape index (κ2) is 8.39. The number of benzene rings is 1. The van der Waals surface area contributed by atoms with Crippen LogP contribution in [0.4, 0.5) is 10.1 Å². The molecule has 1 aliphatic rings. The van der Waals surface area contributed by atoms with Crippen molar-refractivity contribution in [2.24, 2.45) is 5.16 Å². The monoisotopic (exact) mass is 337 g/mol. The number of nitrogens with one attached hydrogen (secondary N) is 1. The molecule has 8 heteroatoms. The van der Waals surface area contributed by atoms with E-state index in [4.69, 9.17) is 10.0 Å². The van der Waals surface area contributed by atoms with Gasteiger partial charge in [-0.3, -0.25) is 14.8 Å². The Hall–Kier alpha value is -2.48. The summed E-state index contributed by atoms with van der Waals surface area (Å²) in [4.78, 5) is 29.6. The zero-order chi connectivity index (χ0) is 17.5. The molecule has 1 aromatic carbocycles. The van der Waals surface area contributed by atoms with Gasteiger partial charge in [-0.25, -0.2) is 9.87 Å². The molecule has 0 radical (unpaired) electrons. The fourth-order valence-corrected chi connectivity index (χ4v) is 2.65. The molecule has 0 bridgehead atoms. The minimum absolute atomic E-state index is 0.103. The molecular weight excluding hydrogens is 317 g/mol. The first-order valence-corrected chi connectivity index (χ1v) is 7.74. The Kier molecular flexibility index (Phi) is 6.25. The number of amides is 2.